The quantitative estimate of drug-likeness (QED) is 0.634. The van der Waals surface area contributed by atoms with E-state index in [9.17, 15) is 4.79 Å². The molecule has 1 saturated carbocycles. The minimum atomic E-state index is 0.0190. The first kappa shape index (κ1) is 12.9. The molecule has 3 nitrogen and oxygen atoms in total. The van der Waals surface area contributed by atoms with Crippen LogP contribution in [-0.4, -0.2) is 11.8 Å². The Bertz CT molecular complexity index is 434. The first-order chi connectivity index (χ1) is 8.56. The first-order valence-corrected chi connectivity index (χ1v) is 6.73. The van der Waals surface area contributed by atoms with Crippen molar-refractivity contribution in [3.8, 4) is 0 Å². The van der Waals surface area contributed by atoms with Crippen molar-refractivity contribution < 1.29 is 4.79 Å². The molecule has 0 bridgehead atoms. The van der Waals surface area contributed by atoms with E-state index in [0.29, 0.717) is 17.3 Å². The topological polar surface area (TPSA) is 55.1 Å². The summed E-state index contributed by atoms with van der Waals surface area (Å²) in [6, 6.07) is 6.18. The van der Waals surface area contributed by atoms with Gasteiger partial charge in [0.1, 0.15) is 0 Å². The maximum atomic E-state index is 11.3. The maximum Gasteiger partial charge on any atom is 0.161 e. The molecular formula is C15H22N2O. The minimum Gasteiger partial charge on any atom is -0.398 e. The second-order valence-corrected chi connectivity index (χ2v) is 5.46. The lowest BCUT2D eigenvalue weighted by atomic mass is 9.87. The average molecular weight is 246 g/mol. The molecule has 2 rings (SSSR count). The van der Waals surface area contributed by atoms with Crippen LogP contribution in [0.15, 0.2) is 18.2 Å². The lowest BCUT2D eigenvalue weighted by Crippen LogP contribution is -2.25. The van der Waals surface area contributed by atoms with Crippen molar-refractivity contribution in [2.24, 2.45) is 5.92 Å². The Morgan fingerprint density at radius 3 is 2.50 bits per heavy atom. The van der Waals surface area contributed by atoms with Gasteiger partial charge in [0.05, 0.1) is 0 Å². The molecule has 1 aromatic rings. The van der Waals surface area contributed by atoms with Gasteiger partial charge in [0.25, 0.3) is 0 Å². The molecule has 0 saturated heterocycles. The van der Waals surface area contributed by atoms with E-state index in [4.69, 9.17) is 5.73 Å². The van der Waals surface area contributed by atoms with Crippen molar-refractivity contribution >= 4 is 17.2 Å². The Kier molecular flexibility index (Phi) is 3.90. The molecule has 1 fully saturated rings. The third-order valence-electron chi connectivity index (χ3n) is 3.82. The summed E-state index contributed by atoms with van der Waals surface area (Å²) >= 11 is 0. The summed E-state index contributed by atoms with van der Waals surface area (Å²) in [5, 5.41) is 3.52. The number of rotatable bonds is 3. The van der Waals surface area contributed by atoms with Gasteiger partial charge in [-0.2, -0.15) is 0 Å². The van der Waals surface area contributed by atoms with Gasteiger partial charge >= 0.3 is 0 Å². The molecule has 0 amide bonds. The van der Waals surface area contributed by atoms with Crippen LogP contribution in [0, 0.1) is 5.92 Å². The molecule has 0 unspecified atom stereocenters. The number of Topliss-reactive ketones (excluding diaryl/α,β-unsaturated/α-hetero) is 1. The van der Waals surface area contributed by atoms with Crippen LogP contribution in [-0.2, 0) is 0 Å². The Morgan fingerprint density at radius 1 is 1.28 bits per heavy atom. The second-order valence-electron chi connectivity index (χ2n) is 5.46. The van der Waals surface area contributed by atoms with Gasteiger partial charge in [-0.3, -0.25) is 4.79 Å². The molecule has 1 aliphatic rings. The Balaban J connectivity index is 2.02. The number of nitrogen functional groups attached to an aromatic ring is 1. The van der Waals surface area contributed by atoms with Crippen molar-refractivity contribution in [1.82, 2.24) is 0 Å². The van der Waals surface area contributed by atoms with Crippen LogP contribution in [0.5, 0.6) is 0 Å². The molecule has 0 heterocycles. The smallest absolute Gasteiger partial charge is 0.161 e. The standard InChI is InChI=1S/C15H22N2O/c1-10-3-5-12(6-4-10)17-13-7-8-14(11(2)18)15(16)9-13/h7-10,12,17H,3-6,16H2,1-2H3. The number of hydrogen-bond donors (Lipinski definition) is 2. The van der Waals surface area contributed by atoms with Gasteiger partial charge in [0.15, 0.2) is 5.78 Å². The van der Waals surface area contributed by atoms with Crippen LogP contribution >= 0.6 is 0 Å². The van der Waals surface area contributed by atoms with Crippen molar-refractivity contribution in [3.63, 3.8) is 0 Å². The van der Waals surface area contributed by atoms with E-state index in [1.165, 1.54) is 25.7 Å². The van der Waals surface area contributed by atoms with Gasteiger partial charge in [0, 0.05) is 23.0 Å². The number of anilines is 2. The lowest BCUT2D eigenvalue weighted by molar-refractivity contribution is 0.101. The number of benzene rings is 1. The third-order valence-corrected chi connectivity index (χ3v) is 3.82. The van der Waals surface area contributed by atoms with Gasteiger partial charge in [-0.05, 0) is 56.7 Å². The molecular weight excluding hydrogens is 224 g/mol. The fourth-order valence-corrected chi connectivity index (χ4v) is 2.61. The summed E-state index contributed by atoms with van der Waals surface area (Å²) in [5.74, 6) is 0.874. The van der Waals surface area contributed by atoms with Gasteiger partial charge in [-0.15, -0.1) is 0 Å². The molecule has 0 atom stereocenters. The zero-order valence-electron chi connectivity index (χ0n) is 11.2. The third kappa shape index (κ3) is 3.03. The highest BCUT2D eigenvalue weighted by Gasteiger charge is 2.18. The van der Waals surface area contributed by atoms with Crippen LogP contribution < -0.4 is 11.1 Å². The predicted molar refractivity (Wildman–Crippen MR) is 75.9 cm³/mol. The van der Waals surface area contributed by atoms with Gasteiger partial charge in [-0.25, -0.2) is 0 Å². The molecule has 0 radical (unpaired) electrons. The highest BCUT2D eigenvalue weighted by atomic mass is 16.1. The summed E-state index contributed by atoms with van der Waals surface area (Å²) in [4.78, 5) is 11.3. The summed E-state index contributed by atoms with van der Waals surface area (Å²) < 4.78 is 0. The fourth-order valence-electron chi connectivity index (χ4n) is 2.61. The van der Waals surface area contributed by atoms with Crippen LogP contribution in [0.3, 0.4) is 0 Å². The number of carbonyl (C=O) groups is 1. The summed E-state index contributed by atoms with van der Waals surface area (Å²) in [7, 11) is 0. The Morgan fingerprint density at radius 2 is 1.94 bits per heavy atom. The van der Waals surface area contributed by atoms with Crippen molar-refractivity contribution in [2.75, 3.05) is 11.1 Å². The molecule has 98 valence electrons. The Hall–Kier alpha value is -1.51. The average Bonchev–Trinajstić information content (AvgIpc) is 2.32. The molecule has 3 heteroatoms. The zero-order valence-corrected chi connectivity index (χ0v) is 11.2. The number of carbonyl (C=O) groups excluding carboxylic acids is 1. The van der Waals surface area contributed by atoms with E-state index >= 15 is 0 Å². The lowest BCUT2D eigenvalue weighted by Gasteiger charge is -2.27. The van der Waals surface area contributed by atoms with Crippen LogP contribution in [0.25, 0.3) is 0 Å². The van der Waals surface area contributed by atoms with E-state index in [1.807, 2.05) is 18.2 Å². The predicted octanol–water partition coefficient (Wildman–Crippen LogP) is 3.46. The van der Waals surface area contributed by atoms with E-state index in [-0.39, 0.29) is 5.78 Å². The number of nitrogens with one attached hydrogen (secondary N) is 1. The first-order valence-electron chi connectivity index (χ1n) is 6.73. The van der Waals surface area contributed by atoms with Crippen LogP contribution in [0.2, 0.25) is 0 Å². The highest BCUT2D eigenvalue weighted by molar-refractivity contribution is 5.99. The molecule has 0 spiro atoms. The van der Waals surface area contributed by atoms with E-state index in [0.717, 1.165) is 11.6 Å². The molecule has 1 aromatic carbocycles. The summed E-state index contributed by atoms with van der Waals surface area (Å²) in [6.07, 6.45) is 5.02. The van der Waals surface area contributed by atoms with E-state index < -0.39 is 0 Å². The zero-order chi connectivity index (χ0) is 13.1. The second kappa shape index (κ2) is 5.42. The number of hydrogen-bond acceptors (Lipinski definition) is 3. The van der Waals surface area contributed by atoms with Crippen molar-refractivity contribution in [1.29, 1.82) is 0 Å². The fraction of sp³-hybridized carbons (Fsp3) is 0.533. The molecule has 3 N–H and O–H groups in total. The monoisotopic (exact) mass is 246 g/mol. The van der Waals surface area contributed by atoms with Crippen molar-refractivity contribution in [3.05, 3.63) is 23.8 Å². The Labute approximate surface area is 109 Å². The summed E-state index contributed by atoms with van der Waals surface area (Å²) in [5.41, 5.74) is 8.09. The molecule has 18 heavy (non-hydrogen) atoms. The SMILES string of the molecule is CC(=O)c1ccc(NC2CCC(C)CC2)cc1N. The molecule has 1 aliphatic carbocycles. The van der Waals surface area contributed by atoms with E-state index in [1.54, 1.807) is 6.92 Å². The summed E-state index contributed by atoms with van der Waals surface area (Å²) in [6.45, 7) is 3.86. The normalized spacial score (nSPS) is 23.7. The van der Waals surface area contributed by atoms with E-state index in [2.05, 4.69) is 12.2 Å². The van der Waals surface area contributed by atoms with Gasteiger partial charge in [0.2, 0.25) is 0 Å². The largest absolute Gasteiger partial charge is 0.398 e. The van der Waals surface area contributed by atoms with Gasteiger partial charge in [-0.1, -0.05) is 6.92 Å². The van der Waals surface area contributed by atoms with Gasteiger partial charge < -0.3 is 11.1 Å². The molecule has 0 aromatic heterocycles. The minimum absolute atomic E-state index is 0.0190. The maximum absolute atomic E-state index is 11.3. The highest BCUT2D eigenvalue weighted by Crippen LogP contribution is 2.27. The van der Waals surface area contributed by atoms with Crippen LogP contribution in [0.4, 0.5) is 11.4 Å². The number of nitrogens with two attached hydrogens (primary N) is 1. The molecule has 0 aliphatic heterocycles. The van der Waals surface area contributed by atoms with Crippen molar-refractivity contribution in [2.45, 2.75) is 45.6 Å². The van der Waals surface area contributed by atoms with Crippen LogP contribution in [0.1, 0.15) is 49.9 Å². The number of ketones is 1.